The van der Waals surface area contributed by atoms with Gasteiger partial charge in [0.15, 0.2) is 0 Å². The number of aryl methyl sites for hydroxylation is 2. The number of hydrogen-bond acceptors (Lipinski definition) is 4. The van der Waals surface area contributed by atoms with Gasteiger partial charge in [0.2, 0.25) is 5.91 Å². The molecule has 4 N–H and O–H groups in total. The van der Waals surface area contributed by atoms with Gasteiger partial charge < -0.3 is 20.9 Å². The summed E-state index contributed by atoms with van der Waals surface area (Å²) in [5.41, 5.74) is 9.40. The molecule has 0 saturated heterocycles. The number of ether oxygens (including phenoxy) is 1. The molecule has 1 aromatic rings. The van der Waals surface area contributed by atoms with E-state index in [0.29, 0.717) is 6.54 Å². The van der Waals surface area contributed by atoms with Crippen LogP contribution in [0.4, 0.5) is 0 Å². The average molecular weight is 266 g/mol. The zero-order valence-corrected chi connectivity index (χ0v) is 11.9. The number of carbonyl (C=O) groups excluding carboxylic acids is 1. The molecule has 0 heterocycles. The van der Waals surface area contributed by atoms with E-state index in [1.54, 1.807) is 7.11 Å². The second-order valence-corrected chi connectivity index (χ2v) is 4.62. The van der Waals surface area contributed by atoms with Crippen LogP contribution in [0.5, 0.6) is 5.75 Å². The Balaban J connectivity index is 2.95. The van der Waals surface area contributed by atoms with E-state index in [1.807, 2.05) is 20.8 Å². The molecule has 5 nitrogen and oxygen atoms in total. The summed E-state index contributed by atoms with van der Waals surface area (Å²) >= 11 is 0. The standard InChI is InChI=1S/C14H22N2O3/c1-8-5-9(2)11(13(19-4)10(8)3)7-16-14(18)12(17)6-15/h5,12,17H,6-7,15H2,1-4H3,(H,16,18). The Labute approximate surface area is 113 Å². The van der Waals surface area contributed by atoms with Crippen LogP contribution >= 0.6 is 0 Å². The van der Waals surface area contributed by atoms with Crippen LogP contribution in [0.25, 0.3) is 0 Å². The molecule has 1 amide bonds. The van der Waals surface area contributed by atoms with E-state index in [1.165, 1.54) is 0 Å². The first-order valence-corrected chi connectivity index (χ1v) is 6.21. The Morgan fingerprint density at radius 3 is 2.58 bits per heavy atom. The van der Waals surface area contributed by atoms with Crippen molar-refractivity contribution in [3.05, 3.63) is 28.3 Å². The third-order valence-electron chi connectivity index (χ3n) is 3.28. The van der Waals surface area contributed by atoms with Crippen LogP contribution in [0.2, 0.25) is 0 Å². The zero-order valence-electron chi connectivity index (χ0n) is 11.9. The summed E-state index contributed by atoms with van der Waals surface area (Å²) < 4.78 is 5.42. The lowest BCUT2D eigenvalue weighted by atomic mass is 9.99. The molecule has 1 unspecified atom stereocenters. The van der Waals surface area contributed by atoms with E-state index in [0.717, 1.165) is 28.0 Å². The van der Waals surface area contributed by atoms with Gasteiger partial charge in [0.25, 0.3) is 0 Å². The monoisotopic (exact) mass is 266 g/mol. The molecule has 0 aliphatic carbocycles. The van der Waals surface area contributed by atoms with Crippen molar-refractivity contribution in [2.24, 2.45) is 5.73 Å². The second kappa shape index (κ2) is 6.54. The molecular formula is C14H22N2O3. The lowest BCUT2D eigenvalue weighted by molar-refractivity contribution is -0.128. The number of aliphatic hydroxyl groups is 1. The number of amides is 1. The third-order valence-corrected chi connectivity index (χ3v) is 3.28. The van der Waals surface area contributed by atoms with Crippen LogP contribution < -0.4 is 15.8 Å². The Morgan fingerprint density at radius 1 is 1.42 bits per heavy atom. The van der Waals surface area contributed by atoms with Gasteiger partial charge in [-0.1, -0.05) is 6.07 Å². The lowest BCUT2D eigenvalue weighted by Crippen LogP contribution is -2.39. The quantitative estimate of drug-likeness (QED) is 0.727. The molecule has 1 aromatic carbocycles. The number of nitrogens with two attached hydrogens (primary N) is 1. The average Bonchev–Trinajstić information content (AvgIpc) is 2.39. The van der Waals surface area contributed by atoms with Crippen molar-refractivity contribution < 1.29 is 14.6 Å². The minimum Gasteiger partial charge on any atom is -0.496 e. The van der Waals surface area contributed by atoms with Crippen molar-refractivity contribution in [3.8, 4) is 5.75 Å². The molecule has 5 heteroatoms. The summed E-state index contributed by atoms with van der Waals surface area (Å²) in [6.45, 7) is 6.19. The molecule has 106 valence electrons. The molecule has 0 fully saturated rings. The highest BCUT2D eigenvalue weighted by Crippen LogP contribution is 2.29. The fourth-order valence-corrected chi connectivity index (χ4v) is 2.00. The van der Waals surface area contributed by atoms with Gasteiger partial charge >= 0.3 is 0 Å². The zero-order chi connectivity index (χ0) is 14.6. The number of carbonyl (C=O) groups is 1. The number of benzene rings is 1. The number of aliphatic hydroxyl groups excluding tert-OH is 1. The topological polar surface area (TPSA) is 84.6 Å². The molecular weight excluding hydrogens is 244 g/mol. The molecule has 1 atom stereocenters. The third kappa shape index (κ3) is 3.45. The van der Waals surface area contributed by atoms with Gasteiger partial charge in [-0.25, -0.2) is 0 Å². The Hall–Kier alpha value is -1.59. The van der Waals surface area contributed by atoms with E-state index in [2.05, 4.69) is 11.4 Å². The molecule has 0 bridgehead atoms. The molecule has 0 radical (unpaired) electrons. The minimum absolute atomic E-state index is 0.0884. The van der Waals surface area contributed by atoms with Crippen molar-refractivity contribution in [1.82, 2.24) is 5.32 Å². The molecule has 0 aliphatic rings. The molecule has 1 rings (SSSR count). The van der Waals surface area contributed by atoms with Gasteiger partial charge in [-0.15, -0.1) is 0 Å². The van der Waals surface area contributed by atoms with Crippen LogP contribution in [-0.2, 0) is 11.3 Å². The van der Waals surface area contributed by atoms with Crippen LogP contribution in [-0.4, -0.2) is 30.8 Å². The van der Waals surface area contributed by atoms with Gasteiger partial charge in [-0.2, -0.15) is 0 Å². The normalized spacial score (nSPS) is 12.1. The predicted molar refractivity (Wildman–Crippen MR) is 74.1 cm³/mol. The summed E-state index contributed by atoms with van der Waals surface area (Å²) in [4.78, 5) is 11.5. The SMILES string of the molecule is COc1c(C)c(C)cc(C)c1CNC(=O)C(O)CN. The Kier molecular flexibility index (Phi) is 5.32. The fourth-order valence-electron chi connectivity index (χ4n) is 2.00. The number of nitrogens with one attached hydrogen (secondary N) is 1. The Morgan fingerprint density at radius 2 is 2.05 bits per heavy atom. The van der Waals surface area contributed by atoms with E-state index >= 15 is 0 Å². The first-order valence-electron chi connectivity index (χ1n) is 6.21. The van der Waals surface area contributed by atoms with Crippen LogP contribution in [0, 0.1) is 20.8 Å². The Bertz CT molecular complexity index is 472. The number of hydrogen-bond donors (Lipinski definition) is 3. The van der Waals surface area contributed by atoms with E-state index in [-0.39, 0.29) is 6.54 Å². The summed E-state index contributed by atoms with van der Waals surface area (Å²) in [6, 6.07) is 2.05. The maximum atomic E-state index is 11.5. The van der Waals surface area contributed by atoms with Crippen molar-refractivity contribution in [2.75, 3.05) is 13.7 Å². The van der Waals surface area contributed by atoms with Gasteiger partial charge in [0, 0.05) is 18.7 Å². The summed E-state index contributed by atoms with van der Waals surface area (Å²) in [5, 5.41) is 12.0. The molecule has 0 spiro atoms. The molecule has 0 aliphatic heterocycles. The smallest absolute Gasteiger partial charge is 0.250 e. The van der Waals surface area contributed by atoms with Crippen molar-refractivity contribution >= 4 is 5.91 Å². The largest absolute Gasteiger partial charge is 0.496 e. The highest BCUT2D eigenvalue weighted by Gasteiger charge is 2.16. The fraction of sp³-hybridized carbons (Fsp3) is 0.500. The predicted octanol–water partition coefficient (Wildman–Crippen LogP) is 0.556. The van der Waals surface area contributed by atoms with Crippen LogP contribution in [0.15, 0.2) is 6.07 Å². The highest BCUT2D eigenvalue weighted by atomic mass is 16.5. The maximum absolute atomic E-state index is 11.5. The summed E-state index contributed by atoms with van der Waals surface area (Å²) in [6.07, 6.45) is -1.17. The van der Waals surface area contributed by atoms with Gasteiger partial charge in [-0.05, 0) is 37.5 Å². The van der Waals surface area contributed by atoms with E-state index in [9.17, 15) is 9.90 Å². The molecule has 0 saturated carbocycles. The number of rotatable bonds is 5. The maximum Gasteiger partial charge on any atom is 0.250 e. The van der Waals surface area contributed by atoms with Crippen molar-refractivity contribution in [3.63, 3.8) is 0 Å². The first-order chi connectivity index (χ1) is 8.92. The first kappa shape index (κ1) is 15.5. The van der Waals surface area contributed by atoms with E-state index in [4.69, 9.17) is 10.5 Å². The van der Waals surface area contributed by atoms with Gasteiger partial charge in [-0.3, -0.25) is 4.79 Å². The van der Waals surface area contributed by atoms with Gasteiger partial charge in [0.1, 0.15) is 11.9 Å². The van der Waals surface area contributed by atoms with Crippen molar-refractivity contribution in [1.29, 1.82) is 0 Å². The molecule has 0 aromatic heterocycles. The van der Waals surface area contributed by atoms with Crippen molar-refractivity contribution in [2.45, 2.75) is 33.4 Å². The van der Waals surface area contributed by atoms with Crippen LogP contribution in [0.1, 0.15) is 22.3 Å². The summed E-state index contributed by atoms with van der Waals surface area (Å²) in [7, 11) is 1.61. The highest BCUT2D eigenvalue weighted by molar-refractivity contribution is 5.80. The summed E-state index contributed by atoms with van der Waals surface area (Å²) in [5.74, 6) is 0.308. The van der Waals surface area contributed by atoms with Gasteiger partial charge in [0.05, 0.1) is 7.11 Å². The second-order valence-electron chi connectivity index (χ2n) is 4.62. The molecule has 19 heavy (non-hydrogen) atoms. The lowest BCUT2D eigenvalue weighted by Gasteiger charge is -2.17. The minimum atomic E-state index is -1.17. The van der Waals surface area contributed by atoms with E-state index < -0.39 is 12.0 Å². The van der Waals surface area contributed by atoms with Crippen LogP contribution in [0.3, 0.4) is 0 Å². The number of methoxy groups -OCH3 is 1.